The number of phenols is 1. The SMILES string of the molecule is COc1cc2cnn(-c3cnn(C)c3)c2cc1O.N#Cc1ccc2c(c1)CCCC2. The Kier molecular flexibility index (Phi) is 5.40. The summed E-state index contributed by atoms with van der Waals surface area (Å²) in [6.07, 6.45) is 10.2. The first-order valence-electron chi connectivity index (χ1n) is 9.84. The Hall–Kier alpha value is -3.79. The summed E-state index contributed by atoms with van der Waals surface area (Å²) in [6, 6.07) is 11.6. The Labute approximate surface area is 174 Å². The second-order valence-corrected chi connectivity index (χ2v) is 7.31. The Balaban J connectivity index is 0.000000158. The average Bonchev–Trinajstić information content (AvgIpc) is 3.38. The zero-order valence-corrected chi connectivity index (χ0v) is 17.0. The molecule has 7 heteroatoms. The molecule has 4 aromatic rings. The lowest BCUT2D eigenvalue weighted by atomic mass is 9.91. The van der Waals surface area contributed by atoms with Crippen molar-refractivity contribution in [2.45, 2.75) is 25.7 Å². The van der Waals surface area contributed by atoms with Gasteiger partial charge in [0.15, 0.2) is 11.5 Å². The molecule has 0 amide bonds. The van der Waals surface area contributed by atoms with Gasteiger partial charge in [-0.25, -0.2) is 4.68 Å². The monoisotopic (exact) mass is 401 g/mol. The highest BCUT2D eigenvalue weighted by atomic mass is 16.5. The first-order valence-corrected chi connectivity index (χ1v) is 9.84. The predicted molar refractivity (Wildman–Crippen MR) is 114 cm³/mol. The van der Waals surface area contributed by atoms with Gasteiger partial charge in [-0.05, 0) is 55.0 Å². The topological polar surface area (TPSA) is 88.9 Å². The van der Waals surface area contributed by atoms with Crippen molar-refractivity contribution in [1.82, 2.24) is 19.6 Å². The van der Waals surface area contributed by atoms with Gasteiger partial charge in [-0.15, -0.1) is 0 Å². The van der Waals surface area contributed by atoms with E-state index >= 15 is 0 Å². The van der Waals surface area contributed by atoms with Crippen LogP contribution in [0.2, 0.25) is 0 Å². The molecule has 7 nitrogen and oxygen atoms in total. The molecule has 0 aliphatic heterocycles. The lowest BCUT2D eigenvalue weighted by molar-refractivity contribution is 0.374. The highest BCUT2D eigenvalue weighted by Gasteiger charge is 2.11. The number of nitrogens with zero attached hydrogens (tertiary/aromatic N) is 5. The molecule has 152 valence electrons. The molecule has 2 heterocycles. The summed E-state index contributed by atoms with van der Waals surface area (Å²) in [6.45, 7) is 0. The van der Waals surface area contributed by atoms with Crippen LogP contribution in [0.5, 0.6) is 11.5 Å². The molecule has 0 bridgehead atoms. The number of fused-ring (bicyclic) bond motifs is 2. The van der Waals surface area contributed by atoms with E-state index in [1.54, 1.807) is 33.9 Å². The molecule has 2 aromatic heterocycles. The summed E-state index contributed by atoms with van der Waals surface area (Å²) >= 11 is 0. The standard InChI is InChI=1S/C12H12N4O2.C11H11N/c1-15-7-9(6-13-15)16-10-4-11(17)12(18-2)3-8(10)5-14-16;12-8-9-5-6-10-3-1-2-4-11(10)7-9/h3-7,17H,1-2H3;5-7H,1-4H2. The molecular weight excluding hydrogens is 378 g/mol. The van der Waals surface area contributed by atoms with Gasteiger partial charge in [0.25, 0.3) is 0 Å². The van der Waals surface area contributed by atoms with Crippen LogP contribution < -0.4 is 4.74 Å². The zero-order valence-electron chi connectivity index (χ0n) is 17.0. The van der Waals surface area contributed by atoms with E-state index in [1.807, 2.05) is 25.4 Å². The molecule has 0 spiro atoms. The number of hydrogen-bond donors (Lipinski definition) is 1. The molecule has 1 aliphatic carbocycles. The maximum Gasteiger partial charge on any atom is 0.161 e. The fourth-order valence-corrected chi connectivity index (χ4v) is 3.73. The molecule has 5 rings (SSSR count). The largest absolute Gasteiger partial charge is 0.504 e. The van der Waals surface area contributed by atoms with Crippen LogP contribution in [-0.2, 0) is 19.9 Å². The van der Waals surface area contributed by atoms with E-state index in [1.165, 1.54) is 37.5 Å². The molecule has 2 aromatic carbocycles. The van der Waals surface area contributed by atoms with Crippen molar-refractivity contribution in [2.24, 2.45) is 7.05 Å². The van der Waals surface area contributed by atoms with Crippen molar-refractivity contribution in [3.63, 3.8) is 0 Å². The lowest BCUT2D eigenvalue weighted by Crippen LogP contribution is -2.02. The minimum atomic E-state index is 0.0932. The molecule has 30 heavy (non-hydrogen) atoms. The van der Waals surface area contributed by atoms with Crippen LogP contribution >= 0.6 is 0 Å². The number of rotatable bonds is 2. The van der Waals surface area contributed by atoms with Crippen molar-refractivity contribution in [1.29, 1.82) is 5.26 Å². The number of nitriles is 1. The van der Waals surface area contributed by atoms with Gasteiger partial charge < -0.3 is 9.84 Å². The normalized spacial score (nSPS) is 12.6. The number of phenolic OH excluding ortho intramolecular Hbond substituents is 1. The van der Waals surface area contributed by atoms with E-state index in [2.05, 4.69) is 22.3 Å². The first kappa shape index (κ1) is 19.5. The highest BCUT2D eigenvalue weighted by molar-refractivity contribution is 5.84. The molecule has 0 saturated heterocycles. The average molecular weight is 401 g/mol. The second kappa shape index (κ2) is 8.29. The summed E-state index contributed by atoms with van der Waals surface area (Å²) in [5.41, 5.74) is 5.29. The quantitative estimate of drug-likeness (QED) is 0.550. The molecule has 0 unspecified atom stereocenters. The van der Waals surface area contributed by atoms with Crippen molar-refractivity contribution in [3.8, 4) is 23.3 Å². The van der Waals surface area contributed by atoms with Crippen LogP contribution in [0.3, 0.4) is 0 Å². The van der Waals surface area contributed by atoms with Gasteiger partial charge in [-0.2, -0.15) is 15.5 Å². The van der Waals surface area contributed by atoms with Crippen LogP contribution in [0.1, 0.15) is 29.5 Å². The van der Waals surface area contributed by atoms with Crippen molar-refractivity contribution >= 4 is 10.9 Å². The Bertz CT molecular complexity index is 1230. The van der Waals surface area contributed by atoms with E-state index in [4.69, 9.17) is 10.00 Å². The number of hydrogen-bond acceptors (Lipinski definition) is 5. The third kappa shape index (κ3) is 3.85. The minimum Gasteiger partial charge on any atom is -0.504 e. The van der Waals surface area contributed by atoms with Gasteiger partial charge in [0, 0.05) is 18.5 Å². The van der Waals surface area contributed by atoms with E-state index in [0.29, 0.717) is 5.75 Å². The third-order valence-electron chi connectivity index (χ3n) is 5.28. The lowest BCUT2D eigenvalue weighted by Gasteiger charge is -2.14. The minimum absolute atomic E-state index is 0.0932. The summed E-state index contributed by atoms with van der Waals surface area (Å²) < 4.78 is 8.49. The molecule has 0 atom stereocenters. The summed E-state index contributed by atoms with van der Waals surface area (Å²) in [7, 11) is 3.36. The van der Waals surface area contributed by atoms with Gasteiger partial charge in [0.2, 0.25) is 0 Å². The molecule has 1 N–H and O–H groups in total. The predicted octanol–water partition coefficient (Wildman–Crippen LogP) is 3.91. The number of aryl methyl sites for hydroxylation is 3. The Morgan fingerprint density at radius 1 is 1.07 bits per heavy atom. The van der Waals surface area contributed by atoms with Crippen LogP contribution in [0.15, 0.2) is 48.9 Å². The molecule has 0 saturated carbocycles. The van der Waals surface area contributed by atoms with Gasteiger partial charge in [-0.3, -0.25) is 4.68 Å². The summed E-state index contributed by atoms with van der Waals surface area (Å²) in [4.78, 5) is 0. The zero-order chi connectivity index (χ0) is 21.1. The van der Waals surface area contributed by atoms with Gasteiger partial charge in [0.05, 0.1) is 42.8 Å². The van der Waals surface area contributed by atoms with E-state index < -0.39 is 0 Å². The Morgan fingerprint density at radius 3 is 2.57 bits per heavy atom. The van der Waals surface area contributed by atoms with Gasteiger partial charge >= 0.3 is 0 Å². The van der Waals surface area contributed by atoms with E-state index in [9.17, 15) is 5.11 Å². The smallest absolute Gasteiger partial charge is 0.161 e. The fourth-order valence-electron chi connectivity index (χ4n) is 3.73. The van der Waals surface area contributed by atoms with Gasteiger partial charge in [-0.1, -0.05) is 6.07 Å². The molecular formula is C23H23N5O2. The highest BCUT2D eigenvalue weighted by Crippen LogP contribution is 2.31. The Morgan fingerprint density at radius 2 is 1.87 bits per heavy atom. The van der Waals surface area contributed by atoms with E-state index in [-0.39, 0.29) is 5.75 Å². The van der Waals surface area contributed by atoms with Crippen LogP contribution in [0, 0.1) is 11.3 Å². The number of ether oxygens (including phenoxy) is 1. The summed E-state index contributed by atoms with van der Waals surface area (Å²) in [5.74, 6) is 0.531. The van der Waals surface area contributed by atoms with Crippen molar-refractivity contribution in [3.05, 3.63) is 65.6 Å². The number of aromatic nitrogens is 4. The number of aromatic hydroxyl groups is 1. The third-order valence-corrected chi connectivity index (χ3v) is 5.28. The molecule has 0 radical (unpaired) electrons. The molecule has 1 aliphatic rings. The summed E-state index contributed by atoms with van der Waals surface area (Å²) in [5, 5.41) is 27.8. The maximum atomic E-state index is 9.82. The van der Waals surface area contributed by atoms with Crippen LogP contribution in [0.25, 0.3) is 16.6 Å². The van der Waals surface area contributed by atoms with Crippen LogP contribution in [-0.4, -0.2) is 31.8 Å². The fraction of sp³-hybridized carbons (Fsp3) is 0.261. The number of methoxy groups -OCH3 is 1. The van der Waals surface area contributed by atoms with Crippen LogP contribution in [0.4, 0.5) is 0 Å². The van der Waals surface area contributed by atoms with Gasteiger partial charge in [0.1, 0.15) is 5.69 Å². The second-order valence-electron chi connectivity index (χ2n) is 7.31. The maximum absolute atomic E-state index is 9.82. The van der Waals surface area contributed by atoms with E-state index in [0.717, 1.165) is 28.6 Å². The van der Waals surface area contributed by atoms with Crippen molar-refractivity contribution < 1.29 is 9.84 Å². The van der Waals surface area contributed by atoms with Crippen molar-refractivity contribution in [2.75, 3.05) is 7.11 Å². The first-order chi connectivity index (χ1) is 14.6. The number of benzene rings is 2. The molecule has 0 fully saturated rings.